The molecule has 1 aromatic carbocycles. The molecule has 3 heterocycles. The number of aromatic amines is 1. The van der Waals surface area contributed by atoms with E-state index in [4.69, 9.17) is 4.74 Å². The SMILES string of the molecule is CC(C)(C)OC(=O)N1CCC(Sc2n[nH]c(-c3ccccc3)c2-c2ccncc2)CC1. The van der Waals surface area contributed by atoms with Crippen LogP contribution in [0.2, 0.25) is 0 Å². The van der Waals surface area contributed by atoms with Crippen molar-refractivity contribution in [3.63, 3.8) is 0 Å². The Labute approximate surface area is 187 Å². The van der Waals surface area contributed by atoms with Crippen LogP contribution in [0.15, 0.2) is 59.9 Å². The van der Waals surface area contributed by atoms with Gasteiger partial charge in [0.15, 0.2) is 0 Å². The Morgan fingerprint density at radius 3 is 2.39 bits per heavy atom. The lowest BCUT2D eigenvalue weighted by molar-refractivity contribution is 0.0219. The number of pyridine rings is 1. The molecule has 6 nitrogen and oxygen atoms in total. The first-order valence-electron chi connectivity index (χ1n) is 10.6. The van der Waals surface area contributed by atoms with E-state index in [1.807, 2.05) is 68.4 Å². The summed E-state index contributed by atoms with van der Waals surface area (Å²) in [6.45, 7) is 7.10. The number of piperidine rings is 1. The molecule has 0 unspecified atom stereocenters. The van der Waals surface area contributed by atoms with Crippen LogP contribution in [0, 0.1) is 0 Å². The molecule has 1 aliphatic rings. The van der Waals surface area contributed by atoms with E-state index < -0.39 is 5.60 Å². The van der Waals surface area contributed by atoms with Gasteiger partial charge in [-0.2, -0.15) is 5.10 Å². The average molecular weight is 437 g/mol. The zero-order valence-corrected chi connectivity index (χ0v) is 19.0. The summed E-state index contributed by atoms with van der Waals surface area (Å²) in [5.74, 6) is 0. The molecule has 2 aromatic heterocycles. The number of nitrogens with one attached hydrogen (secondary N) is 1. The van der Waals surface area contributed by atoms with E-state index in [1.54, 1.807) is 11.8 Å². The van der Waals surface area contributed by atoms with Crippen LogP contribution in [0.4, 0.5) is 4.79 Å². The molecule has 0 spiro atoms. The van der Waals surface area contributed by atoms with Crippen molar-refractivity contribution >= 4 is 17.9 Å². The Hall–Kier alpha value is -2.80. The van der Waals surface area contributed by atoms with Crippen LogP contribution in [0.25, 0.3) is 22.4 Å². The lowest BCUT2D eigenvalue weighted by Gasteiger charge is -2.33. The summed E-state index contributed by atoms with van der Waals surface area (Å²) in [7, 11) is 0. The first kappa shape index (κ1) is 21.4. The number of thioether (sulfide) groups is 1. The van der Waals surface area contributed by atoms with E-state index >= 15 is 0 Å². The summed E-state index contributed by atoms with van der Waals surface area (Å²) in [5, 5.41) is 9.32. The maximum absolute atomic E-state index is 12.4. The van der Waals surface area contributed by atoms with Crippen LogP contribution in [0.1, 0.15) is 33.6 Å². The number of benzene rings is 1. The number of hydrogen-bond acceptors (Lipinski definition) is 5. The topological polar surface area (TPSA) is 71.1 Å². The van der Waals surface area contributed by atoms with Gasteiger partial charge in [0.1, 0.15) is 10.6 Å². The van der Waals surface area contributed by atoms with Crippen LogP contribution >= 0.6 is 11.8 Å². The van der Waals surface area contributed by atoms with Crippen molar-refractivity contribution in [2.75, 3.05) is 13.1 Å². The minimum atomic E-state index is -0.467. The van der Waals surface area contributed by atoms with Crippen molar-refractivity contribution in [2.24, 2.45) is 0 Å². The predicted octanol–water partition coefficient (Wildman–Crippen LogP) is 5.63. The zero-order valence-electron chi connectivity index (χ0n) is 18.2. The summed E-state index contributed by atoms with van der Waals surface area (Å²) in [4.78, 5) is 18.3. The van der Waals surface area contributed by atoms with Gasteiger partial charge < -0.3 is 9.64 Å². The third-order valence-electron chi connectivity index (χ3n) is 5.14. The molecule has 4 rings (SSSR count). The second-order valence-corrected chi connectivity index (χ2v) is 9.95. The number of aromatic nitrogens is 3. The van der Waals surface area contributed by atoms with E-state index in [2.05, 4.69) is 27.3 Å². The van der Waals surface area contributed by atoms with Crippen molar-refractivity contribution in [2.45, 2.75) is 49.5 Å². The first-order chi connectivity index (χ1) is 14.9. The van der Waals surface area contributed by atoms with Crippen molar-refractivity contribution in [1.82, 2.24) is 20.1 Å². The molecule has 7 heteroatoms. The monoisotopic (exact) mass is 436 g/mol. The van der Waals surface area contributed by atoms with Gasteiger partial charge in [0, 0.05) is 41.9 Å². The molecule has 1 saturated heterocycles. The van der Waals surface area contributed by atoms with E-state index in [1.165, 1.54) is 0 Å². The highest BCUT2D eigenvalue weighted by Gasteiger charge is 2.29. The second-order valence-electron chi connectivity index (χ2n) is 8.67. The fourth-order valence-corrected chi connectivity index (χ4v) is 4.85. The molecule has 0 atom stereocenters. The standard InChI is InChI=1S/C24H28N4O2S/c1-24(2,3)30-23(29)28-15-11-19(12-16-28)31-22-20(17-9-13-25-14-10-17)21(26-27-22)18-7-5-4-6-8-18/h4-10,13-14,19H,11-12,15-16H2,1-3H3,(H,26,27). The molecule has 0 radical (unpaired) electrons. The second kappa shape index (κ2) is 9.14. The van der Waals surface area contributed by atoms with E-state index in [0.29, 0.717) is 18.3 Å². The molecule has 0 aliphatic carbocycles. The average Bonchev–Trinajstić information content (AvgIpc) is 3.18. The Balaban J connectivity index is 1.51. The minimum Gasteiger partial charge on any atom is -0.444 e. The number of nitrogens with zero attached hydrogens (tertiary/aromatic N) is 3. The number of carbonyl (C=O) groups is 1. The van der Waals surface area contributed by atoms with Gasteiger partial charge in [-0.25, -0.2) is 4.79 Å². The van der Waals surface area contributed by atoms with Gasteiger partial charge in [-0.3, -0.25) is 10.1 Å². The first-order valence-corrected chi connectivity index (χ1v) is 11.5. The number of rotatable bonds is 4. The van der Waals surface area contributed by atoms with Crippen molar-refractivity contribution < 1.29 is 9.53 Å². The normalized spacial score (nSPS) is 15.1. The number of ether oxygens (including phenoxy) is 1. The van der Waals surface area contributed by atoms with Gasteiger partial charge in [-0.05, 0) is 51.3 Å². The fourth-order valence-electron chi connectivity index (χ4n) is 3.65. The highest BCUT2D eigenvalue weighted by Crippen LogP contribution is 2.40. The number of hydrogen-bond donors (Lipinski definition) is 1. The maximum atomic E-state index is 12.4. The summed E-state index contributed by atoms with van der Waals surface area (Å²) in [6, 6.07) is 14.3. The van der Waals surface area contributed by atoms with Crippen LogP contribution in [-0.4, -0.2) is 50.1 Å². The maximum Gasteiger partial charge on any atom is 0.410 e. The third kappa shape index (κ3) is 5.28. The van der Waals surface area contributed by atoms with Gasteiger partial charge in [0.2, 0.25) is 0 Å². The molecule has 162 valence electrons. The largest absolute Gasteiger partial charge is 0.444 e. The van der Waals surface area contributed by atoms with Gasteiger partial charge in [0.05, 0.1) is 5.69 Å². The third-order valence-corrected chi connectivity index (χ3v) is 6.46. The molecule has 0 saturated carbocycles. The smallest absolute Gasteiger partial charge is 0.410 e. The molecule has 31 heavy (non-hydrogen) atoms. The lowest BCUT2D eigenvalue weighted by atomic mass is 10.0. The highest BCUT2D eigenvalue weighted by molar-refractivity contribution is 8.00. The Kier molecular flexibility index (Phi) is 6.32. The number of H-pyrrole nitrogens is 1. The van der Waals surface area contributed by atoms with Crippen LogP contribution < -0.4 is 0 Å². The van der Waals surface area contributed by atoms with Crippen LogP contribution in [0.3, 0.4) is 0 Å². The van der Waals surface area contributed by atoms with E-state index in [0.717, 1.165) is 40.3 Å². The van der Waals surface area contributed by atoms with E-state index in [9.17, 15) is 4.79 Å². The molecular weight excluding hydrogens is 408 g/mol. The molecule has 1 fully saturated rings. The summed E-state index contributed by atoms with van der Waals surface area (Å²) < 4.78 is 5.52. The molecule has 3 aromatic rings. The zero-order chi connectivity index (χ0) is 21.8. The van der Waals surface area contributed by atoms with Gasteiger partial charge in [-0.1, -0.05) is 30.3 Å². The Morgan fingerprint density at radius 2 is 1.74 bits per heavy atom. The molecule has 1 aliphatic heterocycles. The predicted molar refractivity (Wildman–Crippen MR) is 124 cm³/mol. The van der Waals surface area contributed by atoms with Gasteiger partial charge >= 0.3 is 6.09 Å². The Morgan fingerprint density at radius 1 is 1.06 bits per heavy atom. The molecule has 1 N–H and O–H groups in total. The number of carbonyl (C=O) groups excluding carboxylic acids is 1. The molecule has 1 amide bonds. The van der Waals surface area contributed by atoms with Gasteiger partial charge in [-0.15, -0.1) is 11.8 Å². The van der Waals surface area contributed by atoms with Crippen LogP contribution in [-0.2, 0) is 4.74 Å². The lowest BCUT2D eigenvalue weighted by Crippen LogP contribution is -2.42. The summed E-state index contributed by atoms with van der Waals surface area (Å²) in [6.07, 6.45) is 5.22. The molecular formula is C24H28N4O2S. The van der Waals surface area contributed by atoms with Crippen molar-refractivity contribution in [3.05, 3.63) is 54.9 Å². The summed E-state index contributed by atoms with van der Waals surface area (Å²) >= 11 is 1.79. The van der Waals surface area contributed by atoms with Crippen molar-refractivity contribution in [3.8, 4) is 22.4 Å². The Bertz CT molecular complexity index is 1010. The van der Waals surface area contributed by atoms with Crippen LogP contribution in [0.5, 0.6) is 0 Å². The fraction of sp³-hybridized carbons (Fsp3) is 0.375. The number of likely N-dealkylation sites (tertiary alicyclic amines) is 1. The summed E-state index contributed by atoms with van der Waals surface area (Å²) in [5.41, 5.74) is 3.85. The quantitative estimate of drug-likeness (QED) is 0.574. The van der Waals surface area contributed by atoms with Crippen molar-refractivity contribution in [1.29, 1.82) is 0 Å². The molecule has 0 bridgehead atoms. The number of amides is 1. The minimum absolute atomic E-state index is 0.223. The highest BCUT2D eigenvalue weighted by atomic mass is 32.2. The van der Waals surface area contributed by atoms with Gasteiger partial charge in [0.25, 0.3) is 0 Å². The van der Waals surface area contributed by atoms with E-state index in [-0.39, 0.29) is 6.09 Å².